The first-order chi connectivity index (χ1) is 21.5. The number of ether oxygens (including phenoxy) is 1. The van der Waals surface area contributed by atoms with Crippen LogP contribution in [0.15, 0.2) is 29.6 Å². The Morgan fingerprint density at radius 1 is 0.978 bits per heavy atom. The molecule has 2 aromatic heterocycles. The number of nitrogens with one attached hydrogen (secondary N) is 2. The van der Waals surface area contributed by atoms with E-state index in [-0.39, 0.29) is 22.0 Å². The molecule has 45 heavy (non-hydrogen) atoms. The van der Waals surface area contributed by atoms with Gasteiger partial charge in [-0.25, -0.2) is 13.4 Å². The zero-order valence-corrected chi connectivity index (χ0v) is 28.5. The normalized spacial score (nSPS) is 19.3. The maximum atomic E-state index is 12.9. The second kappa shape index (κ2) is 13.1. The molecule has 2 N–H and O–H groups in total. The highest BCUT2D eigenvalue weighted by Crippen LogP contribution is 2.40. The largest absolute Gasteiger partial charge is 0.488 e. The van der Waals surface area contributed by atoms with Gasteiger partial charge in [0.25, 0.3) is 0 Å². The predicted molar refractivity (Wildman–Crippen MR) is 178 cm³/mol. The first-order valence-electron chi connectivity index (χ1n) is 16.1. The lowest BCUT2D eigenvalue weighted by atomic mass is 9.85. The van der Waals surface area contributed by atoms with Crippen LogP contribution < -0.4 is 15.4 Å². The number of benzene rings is 1. The summed E-state index contributed by atoms with van der Waals surface area (Å²) in [6.45, 7) is 10.1. The second-order valence-corrected chi connectivity index (χ2v) is 15.9. The van der Waals surface area contributed by atoms with E-state index in [0.29, 0.717) is 23.6 Å². The molecule has 3 aromatic rings. The molecule has 0 spiro atoms. The molecule has 0 unspecified atom stereocenters. The van der Waals surface area contributed by atoms with E-state index in [1.807, 2.05) is 0 Å². The summed E-state index contributed by atoms with van der Waals surface area (Å²) in [4.78, 5) is 14.2. The van der Waals surface area contributed by atoms with Gasteiger partial charge in [-0.2, -0.15) is 10.1 Å². The van der Waals surface area contributed by atoms with Crippen molar-refractivity contribution in [3.8, 4) is 5.75 Å². The molecule has 1 saturated carbocycles. The van der Waals surface area contributed by atoms with Crippen molar-refractivity contribution >= 4 is 44.6 Å². The number of hydrogen-bond donors (Lipinski definition) is 2. The molecule has 2 aliphatic heterocycles. The van der Waals surface area contributed by atoms with E-state index in [1.165, 1.54) is 47.9 Å². The smallest absolute Gasteiger partial charge is 0.229 e. The fraction of sp³-hybridized carbons (Fsp3) is 0.594. The number of hydrogen-bond acceptors (Lipinski definition) is 10. The van der Waals surface area contributed by atoms with Gasteiger partial charge in [0.1, 0.15) is 10.8 Å². The summed E-state index contributed by atoms with van der Waals surface area (Å²) in [6, 6.07) is 5.07. The van der Waals surface area contributed by atoms with Crippen molar-refractivity contribution in [3.05, 3.63) is 40.7 Å². The highest BCUT2D eigenvalue weighted by atomic mass is 35.5. The van der Waals surface area contributed by atoms with Crippen molar-refractivity contribution in [2.75, 3.05) is 43.9 Å². The quantitative estimate of drug-likeness (QED) is 0.283. The van der Waals surface area contributed by atoms with Crippen molar-refractivity contribution in [3.63, 3.8) is 0 Å². The maximum absolute atomic E-state index is 12.9. The van der Waals surface area contributed by atoms with Crippen LogP contribution in [-0.2, 0) is 16.9 Å². The Kier molecular flexibility index (Phi) is 9.29. The van der Waals surface area contributed by atoms with Gasteiger partial charge < -0.3 is 25.2 Å². The summed E-state index contributed by atoms with van der Waals surface area (Å²) >= 11 is 6.47. The van der Waals surface area contributed by atoms with Crippen molar-refractivity contribution in [2.24, 2.45) is 7.05 Å². The average Bonchev–Trinajstić information content (AvgIpc) is 3.75. The highest BCUT2D eigenvalue weighted by Gasteiger charge is 2.31. The van der Waals surface area contributed by atoms with Crippen LogP contribution in [0.1, 0.15) is 69.4 Å². The molecule has 0 bridgehead atoms. The Morgan fingerprint density at radius 3 is 2.36 bits per heavy atom. The number of nitrogens with zero attached hydrogens (tertiary/aromatic N) is 6. The van der Waals surface area contributed by atoms with Crippen LogP contribution in [0, 0.1) is 6.92 Å². The van der Waals surface area contributed by atoms with Gasteiger partial charge >= 0.3 is 0 Å². The van der Waals surface area contributed by atoms with Gasteiger partial charge in [0.15, 0.2) is 5.82 Å². The van der Waals surface area contributed by atoms with Crippen molar-refractivity contribution in [1.82, 2.24) is 29.5 Å². The van der Waals surface area contributed by atoms with Crippen LogP contribution in [0.5, 0.6) is 5.75 Å². The summed E-state index contributed by atoms with van der Waals surface area (Å²) in [5, 5.41) is 10.2. The lowest BCUT2D eigenvalue weighted by Crippen LogP contribution is -2.46. The standard InChI is InChI=1S/C32H45ClN8O3S/c1-20(2)45(42,43)31-28(19-40(5)38-31)35-30-26(33)18-34-32(37-30)36-27-16-21(3)25(17-29(27)44-24-6-7-24)22-8-14-41(15-9-22)23-10-12-39(4)13-11-23/h16-20,22-24H,6-15H2,1-5H3,(H2,34,35,36,37). The van der Waals surface area contributed by atoms with Crippen molar-refractivity contribution in [1.29, 1.82) is 0 Å². The van der Waals surface area contributed by atoms with E-state index < -0.39 is 15.1 Å². The van der Waals surface area contributed by atoms with E-state index in [2.05, 4.69) is 61.6 Å². The molecule has 0 atom stereocenters. The summed E-state index contributed by atoms with van der Waals surface area (Å²) in [5.74, 6) is 1.90. The molecule has 2 saturated heterocycles. The van der Waals surface area contributed by atoms with Gasteiger partial charge in [-0.1, -0.05) is 11.6 Å². The van der Waals surface area contributed by atoms with Crippen LogP contribution in [0.4, 0.5) is 23.1 Å². The monoisotopic (exact) mass is 656 g/mol. The lowest BCUT2D eigenvalue weighted by Gasteiger charge is -2.41. The summed E-state index contributed by atoms with van der Waals surface area (Å²) in [6.07, 6.45) is 10.3. The average molecular weight is 657 g/mol. The molecular formula is C32H45ClN8O3S. The Bertz CT molecular complexity index is 1630. The fourth-order valence-electron chi connectivity index (χ4n) is 6.39. The van der Waals surface area contributed by atoms with E-state index >= 15 is 0 Å². The zero-order chi connectivity index (χ0) is 31.9. The van der Waals surface area contributed by atoms with E-state index in [1.54, 1.807) is 27.1 Å². The number of halogens is 1. The summed E-state index contributed by atoms with van der Waals surface area (Å²) in [7, 11) is 0.258. The maximum Gasteiger partial charge on any atom is 0.229 e. The van der Waals surface area contributed by atoms with Crippen molar-refractivity contribution < 1.29 is 13.2 Å². The van der Waals surface area contributed by atoms with Gasteiger partial charge in [0, 0.05) is 19.3 Å². The number of aromatic nitrogens is 4. The molecule has 6 rings (SSSR count). The lowest BCUT2D eigenvalue weighted by molar-refractivity contribution is 0.0965. The first kappa shape index (κ1) is 32.0. The minimum absolute atomic E-state index is 0.0484. The number of sulfone groups is 1. The molecule has 244 valence electrons. The van der Waals surface area contributed by atoms with Crippen LogP contribution in [0.25, 0.3) is 0 Å². The molecule has 0 amide bonds. The van der Waals surface area contributed by atoms with Crippen molar-refractivity contribution in [2.45, 2.75) is 87.6 Å². The SMILES string of the molecule is Cc1cc(Nc2ncc(Cl)c(Nc3cn(C)nc3S(=O)(=O)C(C)C)n2)c(OC2CC2)cc1C1CCN(C2CCN(C)CC2)CC1. The van der Waals surface area contributed by atoms with Gasteiger partial charge in [-0.15, -0.1) is 0 Å². The second-order valence-electron chi connectivity index (χ2n) is 13.1. The zero-order valence-electron chi connectivity index (χ0n) is 26.9. The van der Waals surface area contributed by atoms with E-state index in [9.17, 15) is 8.42 Å². The molecule has 4 heterocycles. The van der Waals surface area contributed by atoms with Crippen LogP contribution in [-0.4, -0.2) is 88.6 Å². The van der Waals surface area contributed by atoms with E-state index in [0.717, 1.165) is 50.2 Å². The molecule has 3 fully saturated rings. The third kappa shape index (κ3) is 7.24. The Hall–Kier alpha value is -2.93. The topological polar surface area (TPSA) is 118 Å². The number of anilines is 4. The Labute approximate surface area is 271 Å². The molecular weight excluding hydrogens is 612 g/mol. The third-order valence-electron chi connectivity index (χ3n) is 9.29. The molecule has 1 aromatic carbocycles. The first-order valence-corrected chi connectivity index (χ1v) is 18.0. The third-order valence-corrected chi connectivity index (χ3v) is 11.6. The van der Waals surface area contributed by atoms with Crippen LogP contribution >= 0.6 is 11.6 Å². The van der Waals surface area contributed by atoms with Gasteiger partial charge in [0.2, 0.25) is 20.8 Å². The molecule has 1 aliphatic carbocycles. The molecule has 3 aliphatic rings. The minimum Gasteiger partial charge on any atom is -0.488 e. The summed E-state index contributed by atoms with van der Waals surface area (Å²) in [5.41, 5.74) is 3.67. The Balaban J connectivity index is 1.21. The van der Waals surface area contributed by atoms with Crippen LogP contribution in [0.3, 0.4) is 0 Å². The van der Waals surface area contributed by atoms with Gasteiger partial charge in [-0.3, -0.25) is 4.68 Å². The summed E-state index contributed by atoms with van der Waals surface area (Å²) < 4.78 is 33.8. The predicted octanol–water partition coefficient (Wildman–Crippen LogP) is 5.66. The fourth-order valence-corrected chi connectivity index (χ4v) is 7.63. The van der Waals surface area contributed by atoms with Gasteiger partial charge in [-0.05, 0) is 122 Å². The van der Waals surface area contributed by atoms with Crippen LogP contribution in [0.2, 0.25) is 5.02 Å². The minimum atomic E-state index is -3.64. The number of piperidine rings is 2. The van der Waals surface area contributed by atoms with Gasteiger partial charge in [0.05, 0.1) is 28.9 Å². The number of likely N-dealkylation sites (tertiary alicyclic amines) is 2. The molecule has 11 nitrogen and oxygen atoms in total. The molecule has 13 heteroatoms. The van der Waals surface area contributed by atoms with E-state index in [4.69, 9.17) is 16.3 Å². The molecule has 0 radical (unpaired) electrons. The Morgan fingerprint density at radius 2 is 1.69 bits per heavy atom. The number of rotatable bonds is 10. The highest BCUT2D eigenvalue weighted by molar-refractivity contribution is 7.92. The number of aryl methyl sites for hydroxylation is 2.